The molecule has 0 saturated heterocycles. The van der Waals surface area contributed by atoms with Crippen LogP contribution in [0.1, 0.15) is 52.3 Å². The highest BCUT2D eigenvalue weighted by Crippen LogP contribution is 2.11. The van der Waals surface area contributed by atoms with Crippen LogP contribution in [0.25, 0.3) is 5.95 Å². The molecular weight excluding hydrogens is 276 g/mol. The van der Waals surface area contributed by atoms with Crippen LogP contribution >= 0.6 is 11.6 Å². The fourth-order valence-electron chi connectivity index (χ4n) is 1.31. The summed E-state index contributed by atoms with van der Waals surface area (Å²) >= 11 is 5.72. The van der Waals surface area contributed by atoms with Gasteiger partial charge in [-0.1, -0.05) is 39.3 Å². The number of rotatable bonds is 2. The van der Waals surface area contributed by atoms with E-state index >= 15 is 0 Å². The average Bonchev–Trinajstić information content (AvgIpc) is 2.86. The maximum Gasteiger partial charge on any atom is 0.252 e. The SMILES string of the molecule is CC.CC.Cc1nc(C(C)[NH3+])n(-c2ncc(Cl)cn2)n1. The molecule has 0 bridgehead atoms. The molecule has 0 aliphatic rings. The summed E-state index contributed by atoms with van der Waals surface area (Å²) in [6.07, 6.45) is 3.05. The van der Waals surface area contributed by atoms with E-state index in [0.717, 1.165) is 5.82 Å². The molecule has 6 nitrogen and oxygen atoms in total. The van der Waals surface area contributed by atoms with E-state index in [1.165, 1.54) is 12.4 Å². The molecule has 0 aliphatic heterocycles. The summed E-state index contributed by atoms with van der Waals surface area (Å²) in [4.78, 5) is 12.5. The Morgan fingerprint density at radius 3 is 2.10 bits per heavy atom. The first kappa shape index (κ1) is 18.5. The lowest BCUT2D eigenvalue weighted by molar-refractivity contribution is -0.422. The maximum absolute atomic E-state index is 5.72. The highest BCUT2D eigenvalue weighted by molar-refractivity contribution is 6.30. The van der Waals surface area contributed by atoms with E-state index in [1.54, 1.807) is 4.68 Å². The molecule has 0 radical (unpaired) electrons. The summed E-state index contributed by atoms with van der Waals surface area (Å²) in [6, 6.07) is 0.0143. The molecule has 1 unspecified atom stereocenters. The predicted octanol–water partition coefficient (Wildman–Crippen LogP) is 2.37. The molecule has 0 saturated carbocycles. The predicted molar refractivity (Wildman–Crippen MR) is 80.7 cm³/mol. The lowest BCUT2D eigenvalue weighted by atomic mass is 10.3. The Bertz CT molecular complexity index is 492. The van der Waals surface area contributed by atoms with Gasteiger partial charge in [-0.15, -0.1) is 5.10 Å². The molecule has 7 heteroatoms. The fraction of sp³-hybridized carbons (Fsp3) is 0.538. The number of hydrogen-bond donors (Lipinski definition) is 1. The van der Waals surface area contributed by atoms with Crippen molar-refractivity contribution in [1.29, 1.82) is 0 Å². The fourth-order valence-corrected chi connectivity index (χ4v) is 1.41. The van der Waals surface area contributed by atoms with Crippen molar-refractivity contribution in [2.24, 2.45) is 0 Å². The topological polar surface area (TPSA) is 84.1 Å². The third kappa shape index (κ3) is 4.86. The first-order valence-electron chi connectivity index (χ1n) is 6.82. The molecule has 0 amide bonds. The molecule has 3 N–H and O–H groups in total. The Morgan fingerprint density at radius 1 is 1.15 bits per heavy atom. The number of halogens is 1. The van der Waals surface area contributed by atoms with Crippen molar-refractivity contribution in [1.82, 2.24) is 24.7 Å². The van der Waals surface area contributed by atoms with Crippen molar-refractivity contribution in [2.75, 3.05) is 0 Å². The van der Waals surface area contributed by atoms with Crippen molar-refractivity contribution in [2.45, 2.75) is 47.6 Å². The van der Waals surface area contributed by atoms with Gasteiger partial charge in [0.25, 0.3) is 5.95 Å². The van der Waals surface area contributed by atoms with E-state index in [0.29, 0.717) is 16.8 Å². The van der Waals surface area contributed by atoms with Crippen LogP contribution in [0.15, 0.2) is 12.4 Å². The number of quaternary nitrogens is 1. The van der Waals surface area contributed by atoms with Gasteiger partial charge in [0.15, 0.2) is 5.82 Å². The number of hydrogen-bond acceptors (Lipinski definition) is 4. The summed E-state index contributed by atoms with van der Waals surface area (Å²) in [7, 11) is 0. The highest BCUT2D eigenvalue weighted by Gasteiger charge is 2.16. The Labute approximate surface area is 125 Å². The monoisotopic (exact) mass is 299 g/mol. The second-order valence-corrected chi connectivity index (χ2v) is 3.97. The van der Waals surface area contributed by atoms with Gasteiger partial charge in [0.2, 0.25) is 0 Å². The minimum atomic E-state index is 0.0143. The molecule has 20 heavy (non-hydrogen) atoms. The second kappa shape index (κ2) is 9.39. The van der Waals surface area contributed by atoms with Crippen molar-refractivity contribution in [3.8, 4) is 5.95 Å². The third-order valence-electron chi connectivity index (χ3n) is 1.97. The molecule has 0 aromatic carbocycles. The zero-order chi connectivity index (χ0) is 15.7. The van der Waals surface area contributed by atoms with Gasteiger partial charge in [0.1, 0.15) is 11.9 Å². The van der Waals surface area contributed by atoms with Gasteiger partial charge in [0, 0.05) is 0 Å². The van der Waals surface area contributed by atoms with Crippen LogP contribution in [0.2, 0.25) is 5.02 Å². The molecule has 2 aromatic rings. The van der Waals surface area contributed by atoms with E-state index in [1.807, 2.05) is 41.5 Å². The van der Waals surface area contributed by atoms with Crippen molar-refractivity contribution >= 4 is 11.6 Å². The van der Waals surface area contributed by atoms with Crippen LogP contribution in [-0.2, 0) is 0 Å². The summed E-state index contributed by atoms with van der Waals surface area (Å²) < 4.78 is 1.59. The van der Waals surface area contributed by atoms with Crippen LogP contribution in [0.3, 0.4) is 0 Å². The van der Waals surface area contributed by atoms with E-state index in [9.17, 15) is 0 Å². The molecule has 0 aliphatic carbocycles. The number of aromatic nitrogens is 5. The molecule has 112 valence electrons. The minimum Gasteiger partial charge on any atom is -0.349 e. The number of aryl methyl sites for hydroxylation is 1. The van der Waals surface area contributed by atoms with E-state index < -0.39 is 0 Å². The van der Waals surface area contributed by atoms with E-state index in [2.05, 4.69) is 25.8 Å². The summed E-state index contributed by atoms with van der Waals surface area (Å²) in [5, 5.41) is 4.72. The largest absolute Gasteiger partial charge is 0.349 e. The summed E-state index contributed by atoms with van der Waals surface area (Å²) in [5.41, 5.74) is 3.92. The van der Waals surface area contributed by atoms with Crippen LogP contribution in [0.4, 0.5) is 0 Å². The number of nitrogens with zero attached hydrogens (tertiary/aromatic N) is 5. The van der Waals surface area contributed by atoms with Crippen LogP contribution in [-0.4, -0.2) is 24.7 Å². The smallest absolute Gasteiger partial charge is 0.252 e. The average molecular weight is 300 g/mol. The normalized spacial score (nSPS) is 10.8. The minimum absolute atomic E-state index is 0.0143. The van der Waals surface area contributed by atoms with Crippen LogP contribution in [0.5, 0.6) is 0 Å². The third-order valence-corrected chi connectivity index (χ3v) is 2.17. The van der Waals surface area contributed by atoms with Crippen molar-refractivity contribution in [3.05, 3.63) is 29.1 Å². The standard InChI is InChI=1S/C9H11ClN6.2C2H6/c1-5(11)8-14-6(2)15-16(8)9-12-3-7(10)4-13-9;2*1-2/h3-5H,11H2,1-2H3;2*1-2H3/p+1. The van der Waals surface area contributed by atoms with Crippen LogP contribution in [0, 0.1) is 6.92 Å². The Kier molecular flexibility index (Phi) is 8.67. The summed E-state index contributed by atoms with van der Waals surface area (Å²) in [6.45, 7) is 11.8. The van der Waals surface area contributed by atoms with Crippen LogP contribution < -0.4 is 5.73 Å². The Balaban J connectivity index is 0.000000829. The quantitative estimate of drug-likeness (QED) is 0.922. The maximum atomic E-state index is 5.72. The van der Waals surface area contributed by atoms with Gasteiger partial charge in [0.05, 0.1) is 17.4 Å². The van der Waals surface area contributed by atoms with Gasteiger partial charge in [-0.05, 0) is 13.8 Å². The zero-order valence-electron chi connectivity index (χ0n) is 13.1. The first-order valence-corrected chi connectivity index (χ1v) is 7.20. The lowest BCUT2D eigenvalue weighted by Crippen LogP contribution is -2.52. The Hall–Kier alpha value is -1.53. The first-order chi connectivity index (χ1) is 9.58. The lowest BCUT2D eigenvalue weighted by Gasteiger charge is -2.03. The molecule has 2 aromatic heterocycles. The molecule has 2 heterocycles. The van der Waals surface area contributed by atoms with Gasteiger partial charge in [-0.2, -0.15) is 4.68 Å². The molecule has 0 fully saturated rings. The van der Waals surface area contributed by atoms with Crippen molar-refractivity contribution < 1.29 is 5.73 Å². The second-order valence-electron chi connectivity index (χ2n) is 3.53. The molecule has 0 spiro atoms. The summed E-state index contributed by atoms with van der Waals surface area (Å²) in [5.74, 6) is 1.86. The zero-order valence-corrected chi connectivity index (χ0v) is 13.8. The van der Waals surface area contributed by atoms with Gasteiger partial charge in [-0.3, -0.25) is 0 Å². The molecule has 2 rings (SSSR count). The van der Waals surface area contributed by atoms with E-state index in [4.69, 9.17) is 11.6 Å². The van der Waals surface area contributed by atoms with E-state index in [-0.39, 0.29) is 6.04 Å². The van der Waals surface area contributed by atoms with Gasteiger partial charge in [-0.25, -0.2) is 15.0 Å². The van der Waals surface area contributed by atoms with Crippen molar-refractivity contribution in [3.63, 3.8) is 0 Å². The van der Waals surface area contributed by atoms with Gasteiger partial charge < -0.3 is 5.73 Å². The van der Waals surface area contributed by atoms with Gasteiger partial charge >= 0.3 is 0 Å². The molecular formula is C13H24ClN6+. The Morgan fingerprint density at radius 2 is 1.65 bits per heavy atom. The highest BCUT2D eigenvalue weighted by atomic mass is 35.5. The molecule has 1 atom stereocenters.